The summed E-state index contributed by atoms with van der Waals surface area (Å²) in [5.74, 6) is 1.65. The highest BCUT2D eigenvalue weighted by atomic mass is 35.5. The zero-order valence-corrected chi connectivity index (χ0v) is 12.2. The van der Waals surface area contributed by atoms with Gasteiger partial charge >= 0.3 is 0 Å². The van der Waals surface area contributed by atoms with Crippen molar-refractivity contribution in [2.24, 2.45) is 0 Å². The van der Waals surface area contributed by atoms with Gasteiger partial charge in [0.15, 0.2) is 5.75 Å². The molecule has 0 amide bonds. The molecule has 0 radical (unpaired) electrons. The molecule has 19 heavy (non-hydrogen) atoms. The third-order valence-corrected chi connectivity index (χ3v) is 3.12. The first-order valence-corrected chi connectivity index (χ1v) is 6.91. The standard InChI is InChI=1S/C14H18ClN3O/c1-4-5-18-9-12(8-16-18)19-14-13(7-15)10(2)6-11(3)17-14/h6,8-9H,4-5,7H2,1-3H3. The molecule has 2 aromatic heterocycles. The van der Waals surface area contributed by atoms with Gasteiger partial charge in [0.25, 0.3) is 0 Å². The Morgan fingerprint density at radius 1 is 1.37 bits per heavy atom. The molecular formula is C14H18ClN3O. The van der Waals surface area contributed by atoms with Crippen LogP contribution in [-0.2, 0) is 12.4 Å². The summed E-state index contributed by atoms with van der Waals surface area (Å²) in [7, 11) is 0. The monoisotopic (exact) mass is 279 g/mol. The fourth-order valence-corrected chi connectivity index (χ4v) is 2.26. The predicted octanol–water partition coefficient (Wildman–Crippen LogP) is 3.84. The van der Waals surface area contributed by atoms with Gasteiger partial charge < -0.3 is 4.74 Å². The quantitative estimate of drug-likeness (QED) is 0.781. The van der Waals surface area contributed by atoms with Crippen molar-refractivity contribution in [3.05, 3.63) is 35.3 Å². The van der Waals surface area contributed by atoms with Crippen molar-refractivity contribution in [3.63, 3.8) is 0 Å². The smallest absolute Gasteiger partial charge is 0.224 e. The molecule has 0 aliphatic rings. The number of hydrogen-bond donors (Lipinski definition) is 0. The maximum absolute atomic E-state index is 5.97. The van der Waals surface area contributed by atoms with Gasteiger partial charge in [-0.05, 0) is 31.9 Å². The highest BCUT2D eigenvalue weighted by molar-refractivity contribution is 6.17. The first kappa shape index (κ1) is 13.9. The Morgan fingerprint density at radius 3 is 2.84 bits per heavy atom. The van der Waals surface area contributed by atoms with Crippen LogP contribution >= 0.6 is 11.6 Å². The van der Waals surface area contributed by atoms with E-state index in [1.54, 1.807) is 6.20 Å². The number of hydrogen-bond acceptors (Lipinski definition) is 3. The van der Waals surface area contributed by atoms with Gasteiger partial charge in [0.05, 0.1) is 18.3 Å². The van der Waals surface area contributed by atoms with Gasteiger partial charge in [0.2, 0.25) is 5.88 Å². The molecule has 5 heteroatoms. The molecule has 0 fully saturated rings. The molecule has 0 aliphatic heterocycles. The van der Waals surface area contributed by atoms with Crippen LogP contribution in [0.2, 0.25) is 0 Å². The highest BCUT2D eigenvalue weighted by Crippen LogP contribution is 2.27. The largest absolute Gasteiger partial charge is 0.435 e. The lowest BCUT2D eigenvalue weighted by molar-refractivity contribution is 0.455. The second-order valence-electron chi connectivity index (χ2n) is 4.54. The Kier molecular flexibility index (Phi) is 4.43. The Balaban J connectivity index is 2.26. The topological polar surface area (TPSA) is 39.9 Å². The molecule has 2 aromatic rings. The minimum absolute atomic E-state index is 0.386. The first-order chi connectivity index (χ1) is 9.13. The van der Waals surface area contributed by atoms with E-state index in [0.29, 0.717) is 17.5 Å². The highest BCUT2D eigenvalue weighted by Gasteiger charge is 2.11. The average Bonchev–Trinajstić information content (AvgIpc) is 2.76. The minimum Gasteiger partial charge on any atom is -0.435 e. The second-order valence-corrected chi connectivity index (χ2v) is 4.81. The third kappa shape index (κ3) is 3.26. The number of alkyl halides is 1. The van der Waals surface area contributed by atoms with Crippen LogP contribution in [-0.4, -0.2) is 14.8 Å². The third-order valence-electron chi connectivity index (χ3n) is 2.85. The van der Waals surface area contributed by atoms with Crippen LogP contribution in [0.1, 0.15) is 30.2 Å². The molecule has 0 atom stereocenters. The van der Waals surface area contributed by atoms with Gasteiger partial charge in [-0.25, -0.2) is 4.98 Å². The summed E-state index contributed by atoms with van der Waals surface area (Å²) in [4.78, 5) is 4.41. The van der Waals surface area contributed by atoms with E-state index >= 15 is 0 Å². The summed E-state index contributed by atoms with van der Waals surface area (Å²) in [5, 5.41) is 4.23. The molecule has 0 saturated heterocycles. The summed E-state index contributed by atoms with van der Waals surface area (Å²) >= 11 is 5.97. The fraction of sp³-hybridized carbons (Fsp3) is 0.429. The van der Waals surface area contributed by atoms with E-state index in [-0.39, 0.29) is 0 Å². The van der Waals surface area contributed by atoms with Gasteiger partial charge in [-0.2, -0.15) is 5.10 Å². The maximum Gasteiger partial charge on any atom is 0.224 e. The lowest BCUT2D eigenvalue weighted by atomic mass is 10.1. The number of nitrogens with zero attached hydrogens (tertiary/aromatic N) is 3. The van der Waals surface area contributed by atoms with Gasteiger partial charge in [-0.15, -0.1) is 11.6 Å². The molecule has 0 N–H and O–H groups in total. The van der Waals surface area contributed by atoms with E-state index < -0.39 is 0 Å². The molecule has 0 aliphatic carbocycles. The molecule has 2 rings (SSSR count). The Morgan fingerprint density at radius 2 is 2.16 bits per heavy atom. The fourth-order valence-electron chi connectivity index (χ4n) is 1.94. The normalized spacial score (nSPS) is 10.7. The number of pyridine rings is 1. The molecule has 0 saturated carbocycles. The Bertz CT molecular complexity index is 566. The molecule has 0 spiro atoms. The van der Waals surface area contributed by atoms with Crippen LogP contribution in [0.15, 0.2) is 18.5 Å². The number of ether oxygens (including phenoxy) is 1. The number of aryl methyl sites for hydroxylation is 3. The van der Waals surface area contributed by atoms with E-state index in [0.717, 1.165) is 29.8 Å². The van der Waals surface area contributed by atoms with Crippen LogP contribution < -0.4 is 4.74 Å². The van der Waals surface area contributed by atoms with E-state index in [1.807, 2.05) is 30.8 Å². The minimum atomic E-state index is 0.386. The van der Waals surface area contributed by atoms with Crippen molar-refractivity contribution in [2.45, 2.75) is 39.6 Å². The van der Waals surface area contributed by atoms with E-state index in [1.165, 1.54) is 0 Å². The molecule has 0 bridgehead atoms. The zero-order chi connectivity index (χ0) is 13.8. The van der Waals surface area contributed by atoms with Crippen LogP contribution in [0, 0.1) is 13.8 Å². The summed E-state index contributed by atoms with van der Waals surface area (Å²) < 4.78 is 7.67. The van der Waals surface area contributed by atoms with E-state index in [2.05, 4.69) is 17.0 Å². The maximum atomic E-state index is 5.97. The van der Waals surface area contributed by atoms with Crippen molar-refractivity contribution < 1.29 is 4.74 Å². The second kappa shape index (κ2) is 6.06. The zero-order valence-electron chi connectivity index (χ0n) is 11.5. The molecule has 102 valence electrons. The van der Waals surface area contributed by atoms with Crippen molar-refractivity contribution >= 4 is 11.6 Å². The van der Waals surface area contributed by atoms with E-state index in [4.69, 9.17) is 16.3 Å². The number of halogens is 1. The summed E-state index contributed by atoms with van der Waals surface area (Å²) in [5.41, 5.74) is 2.94. The molecule has 4 nitrogen and oxygen atoms in total. The number of rotatable bonds is 5. The lowest BCUT2D eigenvalue weighted by Crippen LogP contribution is -1.98. The van der Waals surface area contributed by atoms with Gasteiger partial charge in [0.1, 0.15) is 0 Å². The van der Waals surface area contributed by atoms with Crippen LogP contribution in [0.25, 0.3) is 0 Å². The Hall–Kier alpha value is -1.55. The number of aromatic nitrogens is 3. The molecule has 2 heterocycles. The van der Waals surface area contributed by atoms with Gasteiger partial charge in [-0.3, -0.25) is 4.68 Å². The van der Waals surface area contributed by atoms with Gasteiger partial charge in [0, 0.05) is 17.8 Å². The summed E-state index contributed by atoms with van der Waals surface area (Å²) in [6.45, 7) is 6.95. The first-order valence-electron chi connectivity index (χ1n) is 6.37. The van der Waals surface area contributed by atoms with Gasteiger partial charge in [-0.1, -0.05) is 6.92 Å². The summed E-state index contributed by atoms with van der Waals surface area (Å²) in [6.07, 6.45) is 4.61. The van der Waals surface area contributed by atoms with Crippen LogP contribution in [0.3, 0.4) is 0 Å². The predicted molar refractivity (Wildman–Crippen MR) is 75.9 cm³/mol. The molecule has 0 unspecified atom stereocenters. The van der Waals surface area contributed by atoms with Crippen LogP contribution in [0.5, 0.6) is 11.6 Å². The van der Waals surface area contributed by atoms with Crippen molar-refractivity contribution in [2.75, 3.05) is 0 Å². The molecule has 0 aromatic carbocycles. The van der Waals surface area contributed by atoms with Crippen LogP contribution in [0.4, 0.5) is 0 Å². The van der Waals surface area contributed by atoms with Crippen molar-refractivity contribution in [3.8, 4) is 11.6 Å². The average molecular weight is 280 g/mol. The van der Waals surface area contributed by atoms with E-state index in [9.17, 15) is 0 Å². The van der Waals surface area contributed by atoms with Crippen molar-refractivity contribution in [1.29, 1.82) is 0 Å². The SMILES string of the molecule is CCCn1cc(Oc2nc(C)cc(C)c2CCl)cn1. The van der Waals surface area contributed by atoms with Crippen molar-refractivity contribution in [1.82, 2.24) is 14.8 Å². The Labute approximate surface area is 118 Å². The molecular weight excluding hydrogens is 262 g/mol. The lowest BCUT2D eigenvalue weighted by Gasteiger charge is -2.10. The summed E-state index contributed by atoms with van der Waals surface area (Å²) in [6, 6.07) is 2.01.